The van der Waals surface area contributed by atoms with Crippen molar-refractivity contribution in [1.29, 1.82) is 0 Å². The zero-order chi connectivity index (χ0) is 15.3. The molecule has 3 N–H and O–H groups in total. The smallest absolute Gasteiger partial charge is 0.335 e. The predicted molar refractivity (Wildman–Crippen MR) is 76.9 cm³/mol. The first-order valence-corrected chi connectivity index (χ1v) is 6.44. The molecule has 20 heavy (non-hydrogen) atoms. The summed E-state index contributed by atoms with van der Waals surface area (Å²) in [6.45, 7) is 3.94. The predicted octanol–water partition coefficient (Wildman–Crippen LogP) is 1.74. The highest BCUT2D eigenvalue weighted by Crippen LogP contribution is 2.26. The number of nitrogens with two attached hydrogens (primary N) is 1. The van der Waals surface area contributed by atoms with Gasteiger partial charge in [-0.15, -0.1) is 0 Å². The molecule has 0 spiro atoms. The summed E-state index contributed by atoms with van der Waals surface area (Å²) in [4.78, 5) is 24.5. The lowest BCUT2D eigenvalue weighted by Crippen LogP contribution is -2.39. The number of aromatic carboxylic acids is 1. The van der Waals surface area contributed by atoms with Gasteiger partial charge < -0.3 is 20.5 Å². The van der Waals surface area contributed by atoms with E-state index >= 15 is 0 Å². The molecule has 110 valence electrons. The minimum absolute atomic E-state index is 0.115. The minimum atomic E-state index is -1.04. The number of likely N-dealkylation sites (N-methyl/N-ethyl adjacent to an activating group) is 1. The Morgan fingerprint density at radius 1 is 1.40 bits per heavy atom. The van der Waals surface area contributed by atoms with Crippen LogP contribution in [0.25, 0.3) is 0 Å². The number of carboxylic acids is 1. The van der Waals surface area contributed by atoms with Crippen LogP contribution in [-0.2, 0) is 9.53 Å². The third-order valence-electron chi connectivity index (χ3n) is 3.07. The summed E-state index contributed by atoms with van der Waals surface area (Å²) < 4.78 is 5.02. The minimum Gasteiger partial charge on any atom is -0.478 e. The van der Waals surface area contributed by atoms with Gasteiger partial charge in [-0.05, 0) is 31.5 Å². The van der Waals surface area contributed by atoms with Gasteiger partial charge in [-0.3, -0.25) is 0 Å². The summed E-state index contributed by atoms with van der Waals surface area (Å²) in [5.74, 6) is -1.36. The quantitative estimate of drug-likeness (QED) is 0.609. The number of hydrogen-bond donors (Lipinski definition) is 2. The molecule has 1 unspecified atom stereocenters. The molecule has 0 aliphatic rings. The van der Waals surface area contributed by atoms with Crippen molar-refractivity contribution < 1.29 is 19.4 Å². The number of carbonyl (C=O) groups excluding carboxylic acids is 1. The fraction of sp³-hybridized carbons (Fsp3) is 0.429. The van der Waals surface area contributed by atoms with E-state index in [0.29, 0.717) is 24.4 Å². The molecule has 1 rings (SSSR count). The van der Waals surface area contributed by atoms with Gasteiger partial charge in [-0.2, -0.15) is 0 Å². The van der Waals surface area contributed by atoms with Gasteiger partial charge in [-0.1, -0.05) is 6.92 Å². The van der Waals surface area contributed by atoms with Crippen LogP contribution in [0.5, 0.6) is 0 Å². The van der Waals surface area contributed by atoms with Crippen LogP contribution >= 0.6 is 0 Å². The molecule has 0 saturated carbocycles. The second-order valence-corrected chi connectivity index (χ2v) is 4.37. The van der Waals surface area contributed by atoms with E-state index in [0.717, 1.165) is 0 Å². The Hall–Kier alpha value is -2.24. The highest BCUT2D eigenvalue weighted by molar-refractivity contribution is 5.91. The lowest BCUT2D eigenvalue weighted by atomic mass is 10.1. The Morgan fingerprint density at radius 2 is 2.05 bits per heavy atom. The molecule has 6 nitrogen and oxygen atoms in total. The van der Waals surface area contributed by atoms with Crippen LogP contribution in [0.1, 0.15) is 30.6 Å². The van der Waals surface area contributed by atoms with Crippen molar-refractivity contribution >= 4 is 23.3 Å². The van der Waals surface area contributed by atoms with Gasteiger partial charge in [-0.25, -0.2) is 9.59 Å². The molecular weight excluding hydrogens is 260 g/mol. The summed E-state index contributed by atoms with van der Waals surface area (Å²) in [7, 11) is 1.73. The number of esters is 1. The number of nitrogen functional groups attached to an aromatic ring is 1. The maximum atomic E-state index is 11.9. The van der Waals surface area contributed by atoms with E-state index in [4.69, 9.17) is 15.6 Å². The van der Waals surface area contributed by atoms with Crippen molar-refractivity contribution in [3.8, 4) is 0 Å². The molecule has 1 atom stereocenters. The normalized spacial score (nSPS) is 11.8. The second kappa shape index (κ2) is 6.79. The van der Waals surface area contributed by atoms with Gasteiger partial charge in [0.05, 0.1) is 23.5 Å². The summed E-state index contributed by atoms with van der Waals surface area (Å²) in [5, 5.41) is 8.91. The maximum absolute atomic E-state index is 11.9. The topological polar surface area (TPSA) is 92.9 Å². The summed E-state index contributed by atoms with van der Waals surface area (Å²) in [6.07, 6.45) is 0.565. The molecule has 1 aromatic carbocycles. The largest absolute Gasteiger partial charge is 0.478 e. The van der Waals surface area contributed by atoms with Gasteiger partial charge in [0.25, 0.3) is 0 Å². The molecular formula is C14H20N2O4. The SMILES string of the molecule is CCOC(=O)C(CC)N(C)c1ccc(C(=O)O)cc1N. The molecule has 0 radical (unpaired) electrons. The van der Waals surface area contributed by atoms with E-state index in [1.54, 1.807) is 24.9 Å². The van der Waals surface area contributed by atoms with Crippen LogP contribution in [-0.4, -0.2) is 36.7 Å². The monoisotopic (exact) mass is 280 g/mol. The lowest BCUT2D eigenvalue weighted by molar-refractivity contribution is -0.144. The van der Waals surface area contributed by atoms with Crippen molar-refractivity contribution in [2.75, 3.05) is 24.3 Å². The van der Waals surface area contributed by atoms with Gasteiger partial charge in [0.2, 0.25) is 0 Å². The molecule has 0 aromatic heterocycles. The molecule has 1 aromatic rings. The van der Waals surface area contributed by atoms with E-state index in [2.05, 4.69) is 0 Å². The second-order valence-electron chi connectivity index (χ2n) is 4.37. The van der Waals surface area contributed by atoms with Crippen molar-refractivity contribution in [3.63, 3.8) is 0 Å². The third kappa shape index (κ3) is 3.40. The summed E-state index contributed by atoms with van der Waals surface area (Å²) in [5.41, 5.74) is 6.91. The van der Waals surface area contributed by atoms with E-state index in [-0.39, 0.29) is 11.5 Å². The molecule has 0 aliphatic carbocycles. The first kappa shape index (κ1) is 15.8. The Balaban J connectivity index is 3.03. The van der Waals surface area contributed by atoms with Crippen molar-refractivity contribution in [2.24, 2.45) is 0 Å². The Bertz CT molecular complexity index is 502. The highest BCUT2D eigenvalue weighted by Gasteiger charge is 2.24. The average Bonchev–Trinajstić information content (AvgIpc) is 2.39. The van der Waals surface area contributed by atoms with Crippen molar-refractivity contribution in [3.05, 3.63) is 23.8 Å². The van der Waals surface area contributed by atoms with Crippen LogP contribution in [0.2, 0.25) is 0 Å². The zero-order valence-electron chi connectivity index (χ0n) is 11.9. The number of carbonyl (C=O) groups is 2. The lowest BCUT2D eigenvalue weighted by Gasteiger charge is -2.28. The van der Waals surface area contributed by atoms with Crippen molar-refractivity contribution in [1.82, 2.24) is 0 Å². The van der Waals surface area contributed by atoms with Crippen LogP contribution in [0.4, 0.5) is 11.4 Å². The van der Waals surface area contributed by atoms with Crippen LogP contribution in [0.3, 0.4) is 0 Å². The van der Waals surface area contributed by atoms with E-state index in [1.165, 1.54) is 12.1 Å². The van der Waals surface area contributed by atoms with Crippen LogP contribution in [0.15, 0.2) is 18.2 Å². The molecule has 0 fully saturated rings. The molecule has 6 heteroatoms. The maximum Gasteiger partial charge on any atom is 0.335 e. The molecule has 0 heterocycles. The van der Waals surface area contributed by atoms with E-state index in [1.807, 2.05) is 6.92 Å². The standard InChI is InChI=1S/C14H20N2O4/c1-4-11(14(19)20-5-2)16(3)12-7-6-9(13(17)18)8-10(12)15/h6-8,11H,4-5,15H2,1-3H3,(H,17,18). The fourth-order valence-corrected chi connectivity index (χ4v) is 2.01. The summed E-state index contributed by atoms with van der Waals surface area (Å²) in [6, 6.07) is 3.99. The Morgan fingerprint density at radius 3 is 2.50 bits per heavy atom. The Labute approximate surface area is 118 Å². The highest BCUT2D eigenvalue weighted by atomic mass is 16.5. The van der Waals surface area contributed by atoms with Gasteiger partial charge in [0.1, 0.15) is 6.04 Å². The number of hydrogen-bond acceptors (Lipinski definition) is 5. The number of rotatable bonds is 6. The van der Waals surface area contributed by atoms with Gasteiger partial charge >= 0.3 is 11.9 Å². The molecule has 0 aliphatic heterocycles. The van der Waals surface area contributed by atoms with E-state index < -0.39 is 12.0 Å². The first-order valence-electron chi connectivity index (χ1n) is 6.44. The third-order valence-corrected chi connectivity index (χ3v) is 3.07. The number of benzene rings is 1. The molecule has 0 saturated heterocycles. The number of anilines is 2. The van der Waals surface area contributed by atoms with Crippen LogP contribution in [0, 0.1) is 0 Å². The molecule has 0 bridgehead atoms. The van der Waals surface area contributed by atoms with Crippen molar-refractivity contribution in [2.45, 2.75) is 26.3 Å². The number of carboxylic acid groups (broad SMARTS) is 1. The van der Waals surface area contributed by atoms with Gasteiger partial charge in [0, 0.05) is 7.05 Å². The van der Waals surface area contributed by atoms with Gasteiger partial charge in [0.15, 0.2) is 0 Å². The number of ether oxygens (including phenoxy) is 1. The number of nitrogens with zero attached hydrogens (tertiary/aromatic N) is 1. The Kier molecular flexibility index (Phi) is 5.37. The molecule has 0 amide bonds. The zero-order valence-corrected chi connectivity index (χ0v) is 11.9. The first-order chi connectivity index (χ1) is 9.42. The average molecular weight is 280 g/mol. The fourth-order valence-electron chi connectivity index (χ4n) is 2.01. The van der Waals surface area contributed by atoms with E-state index in [9.17, 15) is 9.59 Å². The van der Waals surface area contributed by atoms with Crippen LogP contribution < -0.4 is 10.6 Å². The summed E-state index contributed by atoms with van der Waals surface area (Å²) >= 11 is 0.